The number of thiophene rings is 1. The van der Waals surface area contributed by atoms with Crippen LogP contribution in [0.1, 0.15) is 26.7 Å². The number of hydrogen-bond donors (Lipinski definition) is 2. The second kappa shape index (κ2) is 6.84. The summed E-state index contributed by atoms with van der Waals surface area (Å²) in [6.07, 6.45) is 1.98. The lowest BCUT2D eigenvalue weighted by Gasteiger charge is -2.14. The van der Waals surface area contributed by atoms with Gasteiger partial charge in [0.15, 0.2) is 0 Å². The molecule has 3 rings (SSSR count). The van der Waals surface area contributed by atoms with Gasteiger partial charge in [-0.05, 0) is 36.6 Å². The van der Waals surface area contributed by atoms with Crippen molar-refractivity contribution < 1.29 is 0 Å². The van der Waals surface area contributed by atoms with Gasteiger partial charge in [0.25, 0.3) is 5.56 Å². The van der Waals surface area contributed by atoms with Crippen molar-refractivity contribution in [2.45, 2.75) is 32.7 Å². The first-order chi connectivity index (χ1) is 11.1. The minimum absolute atomic E-state index is 0.0863. The van der Waals surface area contributed by atoms with Crippen LogP contribution in [0.3, 0.4) is 0 Å². The van der Waals surface area contributed by atoms with Crippen LogP contribution >= 0.6 is 27.3 Å². The average Bonchev–Trinajstić information content (AvgIpc) is 2.98. The van der Waals surface area contributed by atoms with Gasteiger partial charge in [-0.25, -0.2) is 4.98 Å². The minimum Gasteiger partial charge on any atom is -0.353 e. The third-order valence-electron chi connectivity index (χ3n) is 3.84. The van der Waals surface area contributed by atoms with Crippen LogP contribution in [0.5, 0.6) is 0 Å². The van der Waals surface area contributed by atoms with Crippen molar-refractivity contribution in [3.05, 3.63) is 45.2 Å². The van der Waals surface area contributed by atoms with E-state index in [0.717, 1.165) is 33.3 Å². The first kappa shape index (κ1) is 16.2. The molecule has 0 saturated heterocycles. The smallest absolute Gasteiger partial charge is 0.270 e. The Bertz CT molecular complexity index is 866. The van der Waals surface area contributed by atoms with Crippen LogP contribution in [0.15, 0.2) is 39.6 Å². The molecule has 0 unspecified atom stereocenters. The maximum atomic E-state index is 12.3. The fraction of sp³-hybridized carbons (Fsp3) is 0.294. The monoisotopic (exact) mass is 391 g/mol. The van der Waals surface area contributed by atoms with Crippen LogP contribution in [-0.2, 0) is 0 Å². The van der Waals surface area contributed by atoms with Gasteiger partial charge in [-0.1, -0.05) is 41.9 Å². The number of rotatable bonds is 5. The summed E-state index contributed by atoms with van der Waals surface area (Å²) < 4.78 is 1.70. The van der Waals surface area contributed by atoms with Gasteiger partial charge in [0.1, 0.15) is 4.70 Å². The topological polar surface area (TPSA) is 57.8 Å². The van der Waals surface area contributed by atoms with Gasteiger partial charge in [0, 0.05) is 15.4 Å². The molecule has 2 N–H and O–H groups in total. The lowest BCUT2D eigenvalue weighted by atomic mass is 10.2. The molecule has 2 aromatic heterocycles. The van der Waals surface area contributed by atoms with Crippen molar-refractivity contribution in [1.82, 2.24) is 9.97 Å². The fourth-order valence-electron chi connectivity index (χ4n) is 2.45. The standard InChI is InChI=1S/C17H18BrN3OS/c1-3-12(4-2)19-17-20-13-9-14(23-15(13)16(22)21-17)10-5-7-11(18)8-6-10/h5-9,12H,3-4H2,1-2H3,(H2,19,20,21,22). The van der Waals surface area contributed by atoms with Gasteiger partial charge in [0.2, 0.25) is 5.95 Å². The zero-order chi connectivity index (χ0) is 16.4. The number of fused-ring (bicyclic) bond motifs is 1. The van der Waals surface area contributed by atoms with E-state index in [1.165, 1.54) is 11.3 Å². The van der Waals surface area contributed by atoms with Gasteiger partial charge < -0.3 is 5.32 Å². The number of hydrogen-bond acceptors (Lipinski definition) is 4. The molecule has 4 nitrogen and oxygen atoms in total. The van der Waals surface area contributed by atoms with E-state index in [1.807, 2.05) is 30.3 Å². The molecular formula is C17H18BrN3OS. The van der Waals surface area contributed by atoms with Crippen LogP contribution in [-0.4, -0.2) is 16.0 Å². The summed E-state index contributed by atoms with van der Waals surface area (Å²) >= 11 is 4.91. The second-order valence-electron chi connectivity index (χ2n) is 5.40. The highest BCUT2D eigenvalue weighted by Gasteiger charge is 2.12. The zero-order valence-corrected chi connectivity index (χ0v) is 15.4. The molecule has 0 aliphatic rings. The molecule has 23 heavy (non-hydrogen) atoms. The summed E-state index contributed by atoms with van der Waals surface area (Å²) in [5.41, 5.74) is 1.74. The second-order valence-corrected chi connectivity index (χ2v) is 7.37. The van der Waals surface area contributed by atoms with Gasteiger partial charge in [-0.2, -0.15) is 0 Å². The zero-order valence-electron chi connectivity index (χ0n) is 13.0. The van der Waals surface area contributed by atoms with Crippen molar-refractivity contribution in [1.29, 1.82) is 0 Å². The van der Waals surface area contributed by atoms with E-state index in [2.05, 4.69) is 45.1 Å². The third-order valence-corrected chi connectivity index (χ3v) is 5.54. The lowest BCUT2D eigenvalue weighted by Crippen LogP contribution is -2.21. The Morgan fingerprint density at radius 1 is 1.26 bits per heavy atom. The third kappa shape index (κ3) is 3.48. The number of aromatic nitrogens is 2. The molecule has 1 aromatic carbocycles. The Kier molecular flexibility index (Phi) is 4.82. The van der Waals surface area contributed by atoms with E-state index in [0.29, 0.717) is 16.7 Å². The predicted octanol–water partition coefficient (Wildman–Crippen LogP) is 5.01. The largest absolute Gasteiger partial charge is 0.353 e. The summed E-state index contributed by atoms with van der Waals surface area (Å²) in [7, 11) is 0. The Hall–Kier alpha value is -1.66. The first-order valence-corrected chi connectivity index (χ1v) is 9.28. The summed E-state index contributed by atoms with van der Waals surface area (Å²) in [4.78, 5) is 20.8. The Morgan fingerprint density at radius 3 is 2.61 bits per heavy atom. The molecule has 120 valence electrons. The Balaban J connectivity index is 2.00. The number of anilines is 1. The summed E-state index contributed by atoms with van der Waals surface area (Å²) in [5.74, 6) is 0.552. The molecule has 0 aliphatic heterocycles. The SMILES string of the molecule is CCC(CC)Nc1nc2cc(-c3ccc(Br)cc3)sc2c(=O)[nH]1. The Morgan fingerprint density at radius 2 is 1.96 bits per heavy atom. The molecule has 0 bridgehead atoms. The summed E-state index contributed by atoms with van der Waals surface area (Å²) in [5, 5.41) is 3.30. The van der Waals surface area contributed by atoms with Gasteiger partial charge in [-0.15, -0.1) is 11.3 Å². The quantitative estimate of drug-likeness (QED) is 0.642. The van der Waals surface area contributed by atoms with Crippen LogP contribution in [0, 0.1) is 0 Å². The van der Waals surface area contributed by atoms with E-state index in [1.54, 1.807) is 0 Å². The molecule has 0 saturated carbocycles. The number of H-pyrrole nitrogens is 1. The molecule has 0 spiro atoms. The van der Waals surface area contributed by atoms with Gasteiger partial charge in [-0.3, -0.25) is 9.78 Å². The number of halogens is 1. The van der Waals surface area contributed by atoms with Crippen molar-refractivity contribution in [2.75, 3.05) is 5.32 Å². The molecule has 2 heterocycles. The van der Waals surface area contributed by atoms with E-state index in [9.17, 15) is 4.79 Å². The van der Waals surface area contributed by atoms with Crippen molar-refractivity contribution in [3.63, 3.8) is 0 Å². The fourth-order valence-corrected chi connectivity index (χ4v) is 3.71. The maximum absolute atomic E-state index is 12.3. The van der Waals surface area contributed by atoms with Gasteiger partial charge >= 0.3 is 0 Å². The highest BCUT2D eigenvalue weighted by molar-refractivity contribution is 9.10. The summed E-state index contributed by atoms with van der Waals surface area (Å²) in [6.45, 7) is 4.24. The predicted molar refractivity (Wildman–Crippen MR) is 101 cm³/mol. The van der Waals surface area contributed by atoms with Crippen molar-refractivity contribution in [3.8, 4) is 10.4 Å². The van der Waals surface area contributed by atoms with Crippen molar-refractivity contribution in [2.24, 2.45) is 0 Å². The van der Waals surface area contributed by atoms with E-state index in [-0.39, 0.29) is 5.56 Å². The highest BCUT2D eigenvalue weighted by atomic mass is 79.9. The molecule has 0 fully saturated rings. The molecule has 0 atom stereocenters. The average molecular weight is 392 g/mol. The maximum Gasteiger partial charge on any atom is 0.270 e. The van der Waals surface area contributed by atoms with Gasteiger partial charge in [0.05, 0.1) is 5.52 Å². The number of aromatic amines is 1. The normalized spacial score (nSPS) is 11.3. The van der Waals surface area contributed by atoms with Crippen LogP contribution in [0.2, 0.25) is 0 Å². The molecule has 6 heteroatoms. The minimum atomic E-state index is -0.0863. The number of nitrogens with one attached hydrogen (secondary N) is 2. The Labute approximate surface area is 147 Å². The summed E-state index contributed by atoms with van der Waals surface area (Å²) in [6, 6.07) is 10.4. The highest BCUT2D eigenvalue weighted by Crippen LogP contribution is 2.31. The molecule has 0 aliphatic carbocycles. The van der Waals surface area contributed by atoms with Crippen LogP contribution in [0.25, 0.3) is 20.7 Å². The lowest BCUT2D eigenvalue weighted by molar-refractivity contribution is 0.665. The van der Waals surface area contributed by atoms with E-state index < -0.39 is 0 Å². The number of nitrogens with zero attached hydrogens (tertiary/aromatic N) is 1. The van der Waals surface area contributed by atoms with Crippen LogP contribution in [0.4, 0.5) is 5.95 Å². The van der Waals surface area contributed by atoms with Crippen LogP contribution < -0.4 is 10.9 Å². The molecule has 0 amide bonds. The first-order valence-electron chi connectivity index (χ1n) is 7.67. The van der Waals surface area contributed by atoms with Crippen molar-refractivity contribution >= 4 is 43.4 Å². The molecule has 3 aromatic rings. The van der Waals surface area contributed by atoms with E-state index >= 15 is 0 Å². The molecule has 0 radical (unpaired) electrons. The number of benzene rings is 1. The van der Waals surface area contributed by atoms with E-state index in [4.69, 9.17) is 0 Å². The molecular weight excluding hydrogens is 374 g/mol.